The summed E-state index contributed by atoms with van der Waals surface area (Å²) >= 11 is 1.69. The maximum atomic E-state index is 12.3. The summed E-state index contributed by atoms with van der Waals surface area (Å²) < 4.78 is 0. The average molecular weight is 302 g/mol. The highest BCUT2D eigenvalue weighted by Gasteiger charge is 2.21. The molecule has 1 N–H and O–H groups in total. The van der Waals surface area contributed by atoms with E-state index in [0.717, 1.165) is 30.4 Å². The number of nitrogens with one attached hydrogen (secondary N) is 1. The Bertz CT molecular complexity index is 413. The molecule has 2 rings (SSSR count). The number of carbonyl (C=O) groups is 1. The fourth-order valence-electron chi connectivity index (χ4n) is 2.04. The summed E-state index contributed by atoms with van der Waals surface area (Å²) in [5.74, 6) is 1.08. The minimum absolute atomic E-state index is 0. The molecule has 2 heterocycles. The van der Waals surface area contributed by atoms with Gasteiger partial charge in [-0.25, -0.2) is 4.98 Å². The van der Waals surface area contributed by atoms with Crippen LogP contribution in [0.3, 0.4) is 0 Å². The first-order valence-electron chi connectivity index (χ1n) is 6.32. The molecule has 106 valence electrons. The lowest BCUT2D eigenvalue weighted by atomic mass is 10.2. The zero-order valence-electron chi connectivity index (χ0n) is 11.3. The van der Waals surface area contributed by atoms with Crippen molar-refractivity contribution in [3.8, 4) is 0 Å². The zero-order valence-corrected chi connectivity index (χ0v) is 12.9. The van der Waals surface area contributed by atoms with Crippen LogP contribution in [0.15, 0.2) is 23.4 Å². The Morgan fingerprint density at radius 2 is 2.37 bits per heavy atom. The van der Waals surface area contributed by atoms with Crippen molar-refractivity contribution in [1.29, 1.82) is 0 Å². The summed E-state index contributed by atoms with van der Waals surface area (Å²) in [4.78, 5) is 18.5. The SMILES string of the molecule is CCSc1ccc(C(=O)N2CCN[C@H](C)C2)cn1.Cl. The molecule has 19 heavy (non-hydrogen) atoms. The first-order valence-corrected chi connectivity index (χ1v) is 7.30. The predicted octanol–water partition coefficient (Wildman–Crippen LogP) is 2.05. The van der Waals surface area contributed by atoms with Crippen molar-refractivity contribution < 1.29 is 4.79 Å². The van der Waals surface area contributed by atoms with E-state index in [1.165, 1.54) is 0 Å². The molecule has 0 unspecified atom stereocenters. The predicted molar refractivity (Wildman–Crippen MR) is 81.3 cm³/mol. The number of carbonyl (C=O) groups excluding carboxylic acids is 1. The van der Waals surface area contributed by atoms with E-state index in [4.69, 9.17) is 0 Å². The number of amides is 1. The number of thioether (sulfide) groups is 1. The summed E-state index contributed by atoms with van der Waals surface area (Å²) in [6, 6.07) is 4.16. The van der Waals surface area contributed by atoms with Crippen LogP contribution in [0.1, 0.15) is 24.2 Å². The molecule has 1 aromatic heterocycles. The van der Waals surface area contributed by atoms with Crippen molar-refractivity contribution in [3.05, 3.63) is 23.9 Å². The average Bonchev–Trinajstić information content (AvgIpc) is 2.39. The van der Waals surface area contributed by atoms with Crippen molar-refractivity contribution >= 4 is 30.1 Å². The minimum atomic E-state index is 0. The van der Waals surface area contributed by atoms with Gasteiger partial charge in [0.15, 0.2) is 0 Å². The lowest BCUT2D eigenvalue weighted by molar-refractivity contribution is 0.0708. The number of aromatic nitrogens is 1. The van der Waals surface area contributed by atoms with Gasteiger partial charge in [-0.3, -0.25) is 4.79 Å². The Labute approximate surface area is 124 Å². The largest absolute Gasteiger partial charge is 0.336 e. The number of rotatable bonds is 3. The van der Waals surface area contributed by atoms with Crippen LogP contribution in [-0.2, 0) is 0 Å². The fraction of sp³-hybridized carbons (Fsp3) is 0.538. The van der Waals surface area contributed by atoms with Crippen LogP contribution in [0.5, 0.6) is 0 Å². The highest BCUT2D eigenvalue weighted by molar-refractivity contribution is 7.99. The molecule has 0 saturated carbocycles. The van der Waals surface area contributed by atoms with Crippen LogP contribution in [-0.4, -0.2) is 47.2 Å². The maximum Gasteiger partial charge on any atom is 0.255 e. The molecule has 4 nitrogen and oxygen atoms in total. The van der Waals surface area contributed by atoms with Crippen LogP contribution in [0.2, 0.25) is 0 Å². The van der Waals surface area contributed by atoms with Crippen molar-refractivity contribution in [3.63, 3.8) is 0 Å². The van der Waals surface area contributed by atoms with E-state index in [-0.39, 0.29) is 18.3 Å². The molecule has 0 aromatic carbocycles. The summed E-state index contributed by atoms with van der Waals surface area (Å²) in [6.07, 6.45) is 1.69. The highest BCUT2D eigenvalue weighted by Crippen LogP contribution is 2.15. The second-order valence-corrected chi connectivity index (χ2v) is 5.71. The molecule has 1 amide bonds. The Kier molecular flexibility index (Phi) is 6.62. The Morgan fingerprint density at radius 1 is 1.58 bits per heavy atom. The number of hydrogen-bond donors (Lipinski definition) is 1. The van der Waals surface area contributed by atoms with Gasteiger partial charge in [-0.1, -0.05) is 6.92 Å². The van der Waals surface area contributed by atoms with Gasteiger partial charge in [0.2, 0.25) is 0 Å². The molecular weight excluding hydrogens is 282 g/mol. The molecule has 6 heteroatoms. The molecular formula is C13H20ClN3OS. The quantitative estimate of drug-likeness (QED) is 0.868. The Hall–Kier alpha value is -0.780. The lowest BCUT2D eigenvalue weighted by Gasteiger charge is -2.31. The van der Waals surface area contributed by atoms with Gasteiger partial charge in [-0.15, -0.1) is 24.2 Å². The van der Waals surface area contributed by atoms with Gasteiger partial charge in [0, 0.05) is 31.9 Å². The number of piperazine rings is 1. The van der Waals surface area contributed by atoms with Crippen molar-refractivity contribution in [1.82, 2.24) is 15.2 Å². The van der Waals surface area contributed by atoms with Crippen molar-refractivity contribution in [2.45, 2.75) is 24.9 Å². The molecule has 1 atom stereocenters. The lowest BCUT2D eigenvalue weighted by Crippen LogP contribution is -2.51. The van der Waals surface area contributed by atoms with Gasteiger partial charge >= 0.3 is 0 Å². The van der Waals surface area contributed by atoms with Crippen molar-refractivity contribution in [2.24, 2.45) is 0 Å². The Balaban J connectivity index is 0.00000180. The second kappa shape index (κ2) is 7.72. The van der Waals surface area contributed by atoms with E-state index in [0.29, 0.717) is 11.6 Å². The molecule has 0 radical (unpaired) electrons. The molecule has 0 aliphatic carbocycles. The Morgan fingerprint density at radius 3 is 2.95 bits per heavy atom. The van der Waals surface area contributed by atoms with Crippen LogP contribution < -0.4 is 5.32 Å². The van der Waals surface area contributed by atoms with Crippen LogP contribution in [0.25, 0.3) is 0 Å². The maximum absolute atomic E-state index is 12.3. The number of nitrogens with zero attached hydrogens (tertiary/aromatic N) is 2. The zero-order chi connectivity index (χ0) is 13.0. The molecule has 1 saturated heterocycles. The summed E-state index contributed by atoms with van der Waals surface area (Å²) in [5.41, 5.74) is 0.685. The van der Waals surface area contributed by atoms with E-state index >= 15 is 0 Å². The topological polar surface area (TPSA) is 45.2 Å². The monoisotopic (exact) mass is 301 g/mol. The van der Waals surface area contributed by atoms with Gasteiger partial charge in [-0.2, -0.15) is 0 Å². The van der Waals surface area contributed by atoms with Gasteiger partial charge < -0.3 is 10.2 Å². The third-order valence-electron chi connectivity index (χ3n) is 2.93. The fourth-order valence-corrected chi connectivity index (χ4v) is 2.63. The van der Waals surface area contributed by atoms with E-state index in [2.05, 4.69) is 24.1 Å². The third-order valence-corrected chi connectivity index (χ3v) is 3.76. The number of hydrogen-bond acceptors (Lipinski definition) is 4. The third kappa shape index (κ3) is 4.37. The molecule has 1 aromatic rings. The summed E-state index contributed by atoms with van der Waals surface area (Å²) in [5, 5.41) is 4.31. The van der Waals surface area contributed by atoms with Gasteiger partial charge in [0.25, 0.3) is 5.91 Å². The van der Waals surface area contributed by atoms with Gasteiger partial charge in [0.05, 0.1) is 10.6 Å². The van der Waals surface area contributed by atoms with Crippen LogP contribution in [0, 0.1) is 0 Å². The number of pyridine rings is 1. The second-order valence-electron chi connectivity index (χ2n) is 4.42. The first-order chi connectivity index (χ1) is 8.70. The van der Waals surface area contributed by atoms with Crippen LogP contribution in [0.4, 0.5) is 0 Å². The van der Waals surface area contributed by atoms with Gasteiger partial charge in [-0.05, 0) is 24.8 Å². The summed E-state index contributed by atoms with van der Waals surface area (Å²) in [7, 11) is 0. The molecule has 1 fully saturated rings. The highest BCUT2D eigenvalue weighted by atomic mass is 35.5. The van der Waals surface area contributed by atoms with Gasteiger partial charge in [0.1, 0.15) is 0 Å². The van der Waals surface area contributed by atoms with E-state index in [9.17, 15) is 4.79 Å². The molecule has 1 aliphatic heterocycles. The summed E-state index contributed by atoms with van der Waals surface area (Å²) in [6.45, 7) is 6.59. The normalized spacial score (nSPS) is 18.8. The van der Waals surface area contributed by atoms with E-state index in [1.807, 2.05) is 17.0 Å². The number of halogens is 1. The van der Waals surface area contributed by atoms with E-state index < -0.39 is 0 Å². The van der Waals surface area contributed by atoms with E-state index in [1.54, 1.807) is 18.0 Å². The molecule has 0 spiro atoms. The standard InChI is InChI=1S/C13H19N3OS.ClH/c1-3-18-12-5-4-11(8-15-12)13(17)16-7-6-14-10(2)9-16;/h4-5,8,10,14H,3,6-7,9H2,1-2H3;1H/t10-;/m1./s1. The molecule has 1 aliphatic rings. The molecule has 0 bridgehead atoms. The minimum Gasteiger partial charge on any atom is -0.336 e. The van der Waals surface area contributed by atoms with Crippen LogP contribution >= 0.6 is 24.2 Å². The smallest absolute Gasteiger partial charge is 0.255 e. The van der Waals surface area contributed by atoms with Crippen molar-refractivity contribution in [2.75, 3.05) is 25.4 Å². The first kappa shape index (κ1) is 16.3.